The molecule has 15 heavy (non-hydrogen) atoms. The van der Waals surface area contributed by atoms with Gasteiger partial charge in [0.2, 0.25) is 0 Å². The van der Waals surface area contributed by atoms with Crippen molar-refractivity contribution in [3.05, 3.63) is 12.2 Å². The Morgan fingerprint density at radius 3 is 2.53 bits per heavy atom. The molecule has 0 amide bonds. The predicted octanol–water partition coefficient (Wildman–Crippen LogP) is 5.09. The van der Waals surface area contributed by atoms with Gasteiger partial charge in [-0.2, -0.15) is 0 Å². The minimum atomic E-state index is 0.676. The van der Waals surface area contributed by atoms with Crippen molar-refractivity contribution in [1.29, 1.82) is 0 Å². The third kappa shape index (κ3) is 2.86. The smallest absolute Gasteiger partial charge is 0.0112 e. The largest absolute Gasteiger partial charge is 0.0848 e. The van der Waals surface area contributed by atoms with Gasteiger partial charge in [0, 0.05) is 0 Å². The lowest BCUT2D eigenvalue weighted by Crippen LogP contribution is -2.10. The summed E-state index contributed by atoms with van der Waals surface area (Å²) in [7, 11) is 0. The standard InChI is InChI=1S/C15H26/c1-2-3-4-5-6-7-10-15-11-8-14(13-15)9-12-15/h8,11,14H,2-7,9-10,12-13H2,1H3. The van der Waals surface area contributed by atoms with Crippen LogP contribution in [0.5, 0.6) is 0 Å². The van der Waals surface area contributed by atoms with Crippen LogP contribution in [0, 0.1) is 11.3 Å². The average molecular weight is 206 g/mol. The first-order valence-corrected chi connectivity index (χ1v) is 7.04. The van der Waals surface area contributed by atoms with E-state index in [4.69, 9.17) is 0 Å². The van der Waals surface area contributed by atoms with Crippen LogP contribution in [0.15, 0.2) is 12.2 Å². The molecule has 2 unspecified atom stereocenters. The van der Waals surface area contributed by atoms with Crippen LogP contribution < -0.4 is 0 Å². The highest BCUT2D eigenvalue weighted by molar-refractivity contribution is 5.15. The van der Waals surface area contributed by atoms with E-state index in [2.05, 4.69) is 19.1 Å². The molecule has 0 aromatic carbocycles. The zero-order valence-electron chi connectivity index (χ0n) is 10.3. The molecule has 2 rings (SSSR count). The first-order chi connectivity index (χ1) is 7.35. The number of unbranched alkanes of at least 4 members (excludes halogenated alkanes) is 5. The van der Waals surface area contributed by atoms with Gasteiger partial charge < -0.3 is 0 Å². The van der Waals surface area contributed by atoms with E-state index in [1.807, 2.05) is 0 Å². The molecule has 0 saturated heterocycles. The fraction of sp³-hybridized carbons (Fsp3) is 0.867. The topological polar surface area (TPSA) is 0 Å². The summed E-state index contributed by atoms with van der Waals surface area (Å²) in [5, 5.41) is 0. The van der Waals surface area contributed by atoms with Crippen LogP contribution in [0.2, 0.25) is 0 Å². The second-order valence-corrected chi connectivity index (χ2v) is 5.74. The normalized spacial score (nSPS) is 32.7. The van der Waals surface area contributed by atoms with Crippen LogP contribution >= 0.6 is 0 Å². The highest BCUT2D eigenvalue weighted by Crippen LogP contribution is 2.51. The summed E-state index contributed by atoms with van der Waals surface area (Å²) in [5.74, 6) is 0.963. The molecule has 0 spiro atoms. The Bertz CT molecular complexity index is 216. The van der Waals surface area contributed by atoms with Crippen LogP contribution in [0.3, 0.4) is 0 Å². The number of fused-ring (bicyclic) bond motifs is 2. The SMILES string of the molecule is CCCCCCCCC12C=CC(CC1)C2. The maximum absolute atomic E-state index is 2.55. The van der Waals surface area contributed by atoms with Gasteiger partial charge in [0.15, 0.2) is 0 Å². The Morgan fingerprint density at radius 1 is 1.13 bits per heavy atom. The molecule has 0 heteroatoms. The molecule has 1 fully saturated rings. The van der Waals surface area contributed by atoms with Crippen molar-refractivity contribution in [2.45, 2.75) is 71.1 Å². The molecule has 0 nitrogen and oxygen atoms in total. The highest BCUT2D eigenvalue weighted by atomic mass is 14.4. The van der Waals surface area contributed by atoms with Gasteiger partial charge >= 0.3 is 0 Å². The Labute approximate surface area is 95.1 Å². The zero-order valence-corrected chi connectivity index (χ0v) is 10.3. The van der Waals surface area contributed by atoms with E-state index in [-0.39, 0.29) is 0 Å². The molecule has 0 radical (unpaired) electrons. The van der Waals surface area contributed by atoms with Crippen molar-refractivity contribution < 1.29 is 0 Å². The van der Waals surface area contributed by atoms with Crippen molar-refractivity contribution in [2.24, 2.45) is 11.3 Å². The Hall–Kier alpha value is -0.260. The first kappa shape index (κ1) is 11.2. The van der Waals surface area contributed by atoms with Gasteiger partial charge in [0.1, 0.15) is 0 Å². The predicted molar refractivity (Wildman–Crippen MR) is 66.9 cm³/mol. The number of hydrogen-bond donors (Lipinski definition) is 0. The summed E-state index contributed by atoms with van der Waals surface area (Å²) in [5.41, 5.74) is 0.676. The third-order valence-corrected chi connectivity index (χ3v) is 4.43. The minimum absolute atomic E-state index is 0.676. The van der Waals surface area contributed by atoms with Crippen LogP contribution in [0.25, 0.3) is 0 Å². The lowest BCUT2D eigenvalue weighted by atomic mass is 9.82. The fourth-order valence-electron chi connectivity index (χ4n) is 3.42. The van der Waals surface area contributed by atoms with E-state index in [9.17, 15) is 0 Å². The van der Waals surface area contributed by atoms with E-state index in [0.29, 0.717) is 5.41 Å². The second-order valence-electron chi connectivity index (χ2n) is 5.74. The third-order valence-electron chi connectivity index (χ3n) is 4.43. The maximum atomic E-state index is 2.55. The van der Waals surface area contributed by atoms with Crippen molar-refractivity contribution in [1.82, 2.24) is 0 Å². The van der Waals surface area contributed by atoms with Crippen molar-refractivity contribution in [3.8, 4) is 0 Å². The lowest BCUT2D eigenvalue weighted by Gasteiger charge is -2.23. The summed E-state index contributed by atoms with van der Waals surface area (Å²) >= 11 is 0. The highest BCUT2D eigenvalue weighted by Gasteiger charge is 2.39. The van der Waals surface area contributed by atoms with Crippen LogP contribution in [-0.4, -0.2) is 0 Å². The summed E-state index contributed by atoms with van der Waals surface area (Å²) in [6.07, 6.45) is 19.7. The molecule has 2 bridgehead atoms. The number of allylic oxidation sites excluding steroid dienone is 2. The van der Waals surface area contributed by atoms with Gasteiger partial charge in [-0.3, -0.25) is 0 Å². The molecule has 2 aliphatic rings. The molecule has 2 atom stereocenters. The molecular weight excluding hydrogens is 180 g/mol. The Kier molecular flexibility index (Phi) is 3.88. The van der Waals surface area contributed by atoms with E-state index in [1.165, 1.54) is 64.2 Å². The first-order valence-electron chi connectivity index (χ1n) is 7.04. The fourth-order valence-corrected chi connectivity index (χ4v) is 3.42. The molecule has 86 valence electrons. The van der Waals surface area contributed by atoms with Gasteiger partial charge in [-0.1, -0.05) is 57.6 Å². The monoisotopic (exact) mass is 206 g/mol. The van der Waals surface area contributed by atoms with Crippen LogP contribution in [-0.2, 0) is 0 Å². The van der Waals surface area contributed by atoms with Gasteiger partial charge in [0.25, 0.3) is 0 Å². The van der Waals surface area contributed by atoms with Crippen LogP contribution in [0.1, 0.15) is 71.1 Å². The quantitative estimate of drug-likeness (QED) is 0.402. The molecule has 2 aliphatic carbocycles. The van der Waals surface area contributed by atoms with E-state index >= 15 is 0 Å². The lowest BCUT2D eigenvalue weighted by molar-refractivity contribution is 0.350. The van der Waals surface area contributed by atoms with E-state index in [0.717, 1.165) is 5.92 Å². The van der Waals surface area contributed by atoms with Gasteiger partial charge in [0.05, 0.1) is 0 Å². The molecule has 0 heterocycles. The summed E-state index contributed by atoms with van der Waals surface area (Å²) in [6.45, 7) is 2.29. The van der Waals surface area contributed by atoms with Crippen molar-refractivity contribution in [2.75, 3.05) is 0 Å². The van der Waals surface area contributed by atoms with Crippen molar-refractivity contribution >= 4 is 0 Å². The summed E-state index contributed by atoms with van der Waals surface area (Å²) < 4.78 is 0. The maximum Gasteiger partial charge on any atom is -0.0112 e. The van der Waals surface area contributed by atoms with Gasteiger partial charge in [-0.05, 0) is 37.0 Å². The summed E-state index contributed by atoms with van der Waals surface area (Å²) in [4.78, 5) is 0. The molecule has 0 N–H and O–H groups in total. The Balaban J connectivity index is 1.56. The second kappa shape index (κ2) is 5.18. The van der Waals surface area contributed by atoms with Crippen molar-refractivity contribution in [3.63, 3.8) is 0 Å². The summed E-state index contributed by atoms with van der Waals surface area (Å²) in [6, 6.07) is 0. The van der Waals surface area contributed by atoms with Gasteiger partial charge in [-0.15, -0.1) is 0 Å². The molecule has 0 aromatic heterocycles. The van der Waals surface area contributed by atoms with Crippen LogP contribution in [0.4, 0.5) is 0 Å². The van der Waals surface area contributed by atoms with Gasteiger partial charge in [-0.25, -0.2) is 0 Å². The molecule has 0 aromatic rings. The molecule has 1 saturated carbocycles. The number of hydrogen-bond acceptors (Lipinski definition) is 0. The Morgan fingerprint density at radius 2 is 1.93 bits per heavy atom. The van der Waals surface area contributed by atoms with E-state index < -0.39 is 0 Å². The average Bonchev–Trinajstić information content (AvgIpc) is 2.83. The van der Waals surface area contributed by atoms with E-state index in [1.54, 1.807) is 0 Å². The molecule has 0 aliphatic heterocycles. The number of rotatable bonds is 7. The minimum Gasteiger partial charge on any atom is -0.0848 e. The zero-order chi connectivity index (χ0) is 10.6. The molecular formula is C15H26.